The summed E-state index contributed by atoms with van der Waals surface area (Å²) in [6, 6.07) is 0. The van der Waals surface area contributed by atoms with E-state index in [1.807, 2.05) is 0 Å². The molecule has 0 aromatic heterocycles. The molecular formula is C6H9NO4. The third-order valence-electron chi connectivity index (χ3n) is 1.42. The van der Waals surface area contributed by atoms with Gasteiger partial charge >= 0.3 is 5.97 Å². The number of carboxylic acid groups (broad SMARTS) is 1. The van der Waals surface area contributed by atoms with Gasteiger partial charge in [0.2, 0.25) is 5.91 Å². The Labute approximate surface area is 63.5 Å². The highest BCUT2D eigenvalue weighted by molar-refractivity contribution is 5.79. The molecule has 0 bridgehead atoms. The van der Waals surface area contributed by atoms with Crippen LogP contribution in [0.5, 0.6) is 0 Å². The first-order chi connectivity index (χ1) is 5.20. The van der Waals surface area contributed by atoms with Crippen molar-refractivity contribution >= 4 is 11.9 Å². The summed E-state index contributed by atoms with van der Waals surface area (Å²) in [5.74, 6) is -1.03. The molecule has 0 radical (unpaired) electrons. The minimum atomic E-state index is -0.898. The molecule has 0 aromatic rings. The van der Waals surface area contributed by atoms with Gasteiger partial charge in [-0.05, 0) is 0 Å². The van der Waals surface area contributed by atoms with E-state index < -0.39 is 5.97 Å². The minimum absolute atomic E-state index is 0.0188. The molecule has 0 aromatic carbocycles. The van der Waals surface area contributed by atoms with Gasteiger partial charge in [-0.25, -0.2) is 0 Å². The van der Waals surface area contributed by atoms with Crippen LogP contribution in [0.1, 0.15) is 6.42 Å². The molecule has 1 amide bonds. The molecule has 11 heavy (non-hydrogen) atoms. The maximum absolute atomic E-state index is 10.8. The number of nitrogens with zero attached hydrogens (tertiary/aromatic N) is 1. The molecular weight excluding hydrogens is 150 g/mol. The van der Waals surface area contributed by atoms with Crippen LogP contribution in [-0.2, 0) is 14.3 Å². The lowest BCUT2D eigenvalue weighted by Crippen LogP contribution is -2.28. The fraction of sp³-hybridized carbons (Fsp3) is 0.667. The molecule has 1 aliphatic rings. The van der Waals surface area contributed by atoms with Crippen molar-refractivity contribution in [3.05, 3.63) is 0 Å². The van der Waals surface area contributed by atoms with Gasteiger partial charge in [0.1, 0.15) is 13.3 Å². The van der Waals surface area contributed by atoms with E-state index in [1.54, 1.807) is 0 Å². The van der Waals surface area contributed by atoms with E-state index in [2.05, 4.69) is 0 Å². The molecule has 62 valence electrons. The van der Waals surface area contributed by atoms with E-state index in [0.29, 0.717) is 0 Å². The van der Waals surface area contributed by atoms with Crippen LogP contribution in [-0.4, -0.2) is 41.8 Å². The highest BCUT2D eigenvalue weighted by atomic mass is 16.5. The van der Waals surface area contributed by atoms with Crippen LogP contribution < -0.4 is 0 Å². The van der Waals surface area contributed by atoms with Gasteiger partial charge in [-0.15, -0.1) is 0 Å². The van der Waals surface area contributed by atoms with Crippen molar-refractivity contribution in [2.75, 3.05) is 19.9 Å². The molecule has 0 saturated carbocycles. The van der Waals surface area contributed by atoms with Gasteiger partial charge in [0.15, 0.2) is 0 Å². The van der Waals surface area contributed by atoms with Crippen molar-refractivity contribution in [2.24, 2.45) is 0 Å². The molecule has 1 aliphatic heterocycles. The molecule has 0 atom stereocenters. The van der Waals surface area contributed by atoms with E-state index in [1.165, 1.54) is 4.90 Å². The Hall–Kier alpha value is -1.10. The van der Waals surface area contributed by atoms with Gasteiger partial charge in [-0.3, -0.25) is 9.59 Å². The molecule has 1 N–H and O–H groups in total. The Morgan fingerprint density at radius 1 is 1.73 bits per heavy atom. The predicted octanol–water partition coefficient (Wildman–Crippen LogP) is -0.723. The largest absolute Gasteiger partial charge is 0.481 e. The van der Waals surface area contributed by atoms with E-state index in [0.717, 1.165) is 0 Å². The fourth-order valence-corrected chi connectivity index (χ4v) is 0.826. The SMILES string of the molecule is O=C(O)CCN1COCC1=O. The predicted molar refractivity (Wildman–Crippen MR) is 34.8 cm³/mol. The fourth-order valence-electron chi connectivity index (χ4n) is 0.826. The highest BCUT2D eigenvalue weighted by Gasteiger charge is 2.20. The Morgan fingerprint density at radius 2 is 2.45 bits per heavy atom. The average Bonchev–Trinajstić information content (AvgIpc) is 2.31. The smallest absolute Gasteiger partial charge is 0.305 e. The maximum Gasteiger partial charge on any atom is 0.305 e. The number of carboxylic acids is 1. The first kappa shape index (κ1) is 8.00. The summed E-state index contributed by atoms with van der Waals surface area (Å²) in [6.07, 6.45) is -0.0188. The molecule has 5 nitrogen and oxygen atoms in total. The summed E-state index contributed by atoms with van der Waals surface area (Å²) in [5, 5.41) is 8.28. The molecule has 5 heteroatoms. The van der Waals surface area contributed by atoms with Crippen LogP contribution in [0.15, 0.2) is 0 Å². The summed E-state index contributed by atoms with van der Waals surface area (Å²) in [4.78, 5) is 22.3. The van der Waals surface area contributed by atoms with Crippen LogP contribution >= 0.6 is 0 Å². The number of hydrogen-bond donors (Lipinski definition) is 1. The third kappa shape index (κ3) is 2.19. The van der Waals surface area contributed by atoms with Crippen LogP contribution in [0, 0.1) is 0 Å². The molecule has 0 unspecified atom stereocenters. The lowest BCUT2D eigenvalue weighted by molar-refractivity contribution is -0.137. The van der Waals surface area contributed by atoms with Crippen LogP contribution in [0.4, 0.5) is 0 Å². The summed E-state index contributed by atoms with van der Waals surface area (Å²) >= 11 is 0. The average molecular weight is 159 g/mol. The zero-order valence-corrected chi connectivity index (χ0v) is 5.95. The number of ether oxygens (including phenoxy) is 1. The summed E-state index contributed by atoms with van der Waals surface area (Å²) < 4.78 is 4.79. The number of carbonyl (C=O) groups excluding carboxylic acids is 1. The molecule has 1 heterocycles. The number of amides is 1. The normalized spacial score (nSPS) is 17.5. The van der Waals surface area contributed by atoms with Gasteiger partial charge in [-0.2, -0.15) is 0 Å². The second-order valence-corrected chi connectivity index (χ2v) is 2.28. The zero-order chi connectivity index (χ0) is 8.27. The van der Waals surface area contributed by atoms with Gasteiger partial charge in [0, 0.05) is 6.54 Å². The van der Waals surface area contributed by atoms with Gasteiger partial charge < -0.3 is 14.7 Å². The van der Waals surface area contributed by atoms with Crippen molar-refractivity contribution in [1.29, 1.82) is 0 Å². The third-order valence-corrected chi connectivity index (χ3v) is 1.42. The lowest BCUT2D eigenvalue weighted by atomic mass is 10.4. The number of hydrogen-bond acceptors (Lipinski definition) is 3. The van der Waals surface area contributed by atoms with Crippen molar-refractivity contribution in [3.8, 4) is 0 Å². The number of rotatable bonds is 3. The first-order valence-electron chi connectivity index (χ1n) is 3.27. The van der Waals surface area contributed by atoms with E-state index in [4.69, 9.17) is 9.84 Å². The highest BCUT2D eigenvalue weighted by Crippen LogP contribution is 2.01. The van der Waals surface area contributed by atoms with Crippen molar-refractivity contribution < 1.29 is 19.4 Å². The van der Waals surface area contributed by atoms with Gasteiger partial charge in [0.05, 0.1) is 6.42 Å². The van der Waals surface area contributed by atoms with Crippen LogP contribution in [0.25, 0.3) is 0 Å². The number of aliphatic carboxylic acids is 1. The Bertz CT molecular complexity index is 179. The van der Waals surface area contributed by atoms with E-state index in [-0.39, 0.29) is 32.2 Å². The minimum Gasteiger partial charge on any atom is -0.481 e. The Kier molecular flexibility index (Phi) is 2.43. The molecule has 1 rings (SSSR count). The second kappa shape index (κ2) is 3.34. The molecule has 1 saturated heterocycles. The number of carbonyl (C=O) groups is 2. The second-order valence-electron chi connectivity index (χ2n) is 2.28. The van der Waals surface area contributed by atoms with Crippen molar-refractivity contribution in [2.45, 2.75) is 6.42 Å². The standard InChI is InChI=1S/C6H9NO4/c8-5-3-11-4-7(5)2-1-6(9)10/h1-4H2,(H,9,10). The maximum atomic E-state index is 10.8. The van der Waals surface area contributed by atoms with Gasteiger partial charge in [-0.1, -0.05) is 0 Å². The molecule has 0 spiro atoms. The first-order valence-corrected chi connectivity index (χ1v) is 3.27. The van der Waals surface area contributed by atoms with E-state index in [9.17, 15) is 9.59 Å². The summed E-state index contributed by atoms with van der Waals surface area (Å²) in [5.41, 5.74) is 0. The van der Waals surface area contributed by atoms with Crippen LogP contribution in [0.3, 0.4) is 0 Å². The van der Waals surface area contributed by atoms with Crippen molar-refractivity contribution in [3.63, 3.8) is 0 Å². The zero-order valence-electron chi connectivity index (χ0n) is 5.95. The summed E-state index contributed by atoms with van der Waals surface area (Å²) in [6.45, 7) is 0.555. The summed E-state index contributed by atoms with van der Waals surface area (Å²) in [7, 11) is 0. The van der Waals surface area contributed by atoms with Crippen LogP contribution in [0.2, 0.25) is 0 Å². The van der Waals surface area contributed by atoms with E-state index >= 15 is 0 Å². The Balaban J connectivity index is 2.26. The lowest BCUT2D eigenvalue weighted by Gasteiger charge is -2.10. The Morgan fingerprint density at radius 3 is 2.91 bits per heavy atom. The quantitative estimate of drug-likeness (QED) is 0.590. The molecule has 0 aliphatic carbocycles. The van der Waals surface area contributed by atoms with Gasteiger partial charge in [0.25, 0.3) is 0 Å². The topological polar surface area (TPSA) is 66.8 Å². The monoisotopic (exact) mass is 159 g/mol. The van der Waals surface area contributed by atoms with Crippen molar-refractivity contribution in [1.82, 2.24) is 4.90 Å². The molecule has 1 fully saturated rings.